The van der Waals surface area contributed by atoms with Crippen LogP contribution in [0.15, 0.2) is 42.5 Å². The van der Waals surface area contributed by atoms with Gasteiger partial charge in [-0.2, -0.15) is 0 Å². The first-order chi connectivity index (χ1) is 10.1. The number of rotatable bonds is 3. The average molecular weight is 317 g/mol. The van der Waals surface area contributed by atoms with Crippen LogP contribution in [0.3, 0.4) is 0 Å². The summed E-state index contributed by atoms with van der Waals surface area (Å²) in [5.74, 6) is 0. The maximum Gasteiger partial charge on any atom is 0.104 e. The molecule has 2 aromatic rings. The Kier molecular flexibility index (Phi) is 4.24. The van der Waals surface area contributed by atoms with Gasteiger partial charge < -0.3 is 5.73 Å². The number of benzene rings is 2. The van der Waals surface area contributed by atoms with Gasteiger partial charge in [0.2, 0.25) is 0 Å². The topological polar surface area (TPSA) is 29.3 Å². The van der Waals surface area contributed by atoms with E-state index in [0.717, 1.165) is 42.2 Å². The minimum atomic E-state index is 0.385. The Morgan fingerprint density at radius 3 is 2.67 bits per heavy atom. The summed E-state index contributed by atoms with van der Waals surface area (Å²) in [5.41, 5.74) is 10.5. The van der Waals surface area contributed by atoms with Crippen LogP contribution in [-0.2, 0) is 19.5 Å². The lowest BCUT2D eigenvalue weighted by molar-refractivity contribution is 0.245. The van der Waals surface area contributed by atoms with E-state index in [1.165, 1.54) is 11.1 Å². The predicted molar refractivity (Wildman–Crippen MR) is 91.6 cm³/mol. The number of hydrogen-bond donors (Lipinski definition) is 1. The van der Waals surface area contributed by atoms with Gasteiger partial charge in [-0.3, -0.25) is 4.90 Å². The van der Waals surface area contributed by atoms with Crippen LogP contribution in [0.1, 0.15) is 22.3 Å². The van der Waals surface area contributed by atoms with Crippen molar-refractivity contribution in [3.05, 3.63) is 69.7 Å². The van der Waals surface area contributed by atoms with Crippen LogP contribution in [0, 0.1) is 0 Å². The number of thiocarbonyl (C=S) groups is 1. The molecule has 4 heteroatoms. The summed E-state index contributed by atoms with van der Waals surface area (Å²) in [6.45, 7) is 2.89. The maximum absolute atomic E-state index is 6.35. The van der Waals surface area contributed by atoms with Gasteiger partial charge in [-0.15, -0.1) is 0 Å². The lowest BCUT2D eigenvalue weighted by Gasteiger charge is -2.29. The Morgan fingerprint density at radius 2 is 1.95 bits per heavy atom. The Balaban J connectivity index is 1.75. The molecule has 0 amide bonds. The van der Waals surface area contributed by atoms with Gasteiger partial charge in [0.25, 0.3) is 0 Å². The van der Waals surface area contributed by atoms with Crippen molar-refractivity contribution in [3.63, 3.8) is 0 Å². The van der Waals surface area contributed by atoms with Gasteiger partial charge in [0.15, 0.2) is 0 Å². The summed E-state index contributed by atoms with van der Waals surface area (Å²) in [6, 6.07) is 14.5. The van der Waals surface area contributed by atoms with Crippen LogP contribution in [0.25, 0.3) is 0 Å². The fourth-order valence-electron chi connectivity index (χ4n) is 2.76. The van der Waals surface area contributed by atoms with E-state index in [9.17, 15) is 0 Å². The lowest BCUT2D eigenvalue weighted by Crippen LogP contribution is -2.30. The van der Waals surface area contributed by atoms with Crippen LogP contribution in [0.2, 0.25) is 5.02 Å². The SMILES string of the molecule is NC(=S)c1ccc(CN2CCc3ccccc3C2)c(Cl)c1. The predicted octanol–water partition coefficient (Wildman–Crippen LogP) is 3.53. The van der Waals surface area contributed by atoms with Gasteiger partial charge in [-0.05, 0) is 29.2 Å². The Hall–Kier alpha value is -1.42. The van der Waals surface area contributed by atoms with E-state index >= 15 is 0 Å². The zero-order valence-corrected chi connectivity index (χ0v) is 13.3. The van der Waals surface area contributed by atoms with Gasteiger partial charge in [0.05, 0.1) is 0 Å². The first kappa shape index (κ1) is 14.5. The van der Waals surface area contributed by atoms with Crippen molar-refractivity contribution in [1.82, 2.24) is 4.90 Å². The summed E-state index contributed by atoms with van der Waals surface area (Å²) in [7, 11) is 0. The Bertz CT molecular complexity index is 684. The van der Waals surface area contributed by atoms with Gasteiger partial charge in [0, 0.05) is 30.2 Å². The average Bonchev–Trinajstić information content (AvgIpc) is 2.49. The second-order valence-electron chi connectivity index (χ2n) is 5.40. The summed E-state index contributed by atoms with van der Waals surface area (Å²) < 4.78 is 0. The van der Waals surface area contributed by atoms with Crippen molar-refractivity contribution in [2.75, 3.05) is 6.54 Å². The highest BCUT2D eigenvalue weighted by atomic mass is 35.5. The maximum atomic E-state index is 6.35. The van der Waals surface area contributed by atoms with Crippen LogP contribution in [0.4, 0.5) is 0 Å². The third-order valence-electron chi connectivity index (χ3n) is 3.94. The van der Waals surface area contributed by atoms with Crippen LogP contribution in [0.5, 0.6) is 0 Å². The quantitative estimate of drug-likeness (QED) is 0.878. The first-order valence-corrected chi connectivity index (χ1v) is 7.79. The molecule has 2 nitrogen and oxygen atoms in total. The zero-order valence-electron chi connectivity index (χ0n) is 11.7. The Morgan fingerprint density at radius 1 is 1.19 bits per heavy atom. The highest BCUT2D eigenvalue weighted by Gasteiger charge is 2.16. The van der Waals surface area contributed by atoms with Gasteiger partial charge >= 0.3 is 0 Å². The van der Waals surface area contributed by atoms with E-state index in [0.29, 0.717) is 4.99 Å². The van der Waals surface area contributed by atoms with Crippen LogP contribution >= 0.6 is 23.8 Å². The third kappa shape index (κ3) is 3.26. The molecule has 0 aromatic heterocycles. The smallest absolute Gasteiger partial charge is 0.104 e. The molecule has 0 spiro atoms. The third-order valence-corrected chi connectivity index (χ3v) is 4.53. The fourth-order valence-corrected chi connectivity index (χ4v) is 3.13. The summed E-state index contributed by atoms with van der Waals surface area (Å²) in [4.78, 5) is 2.81. The molecule has 0 saturated carbocycles. The highest BCUT2D eigenvalue weighted by Crippen LogP contribution is 2.24. The Labute approximate surface area is 135 Å². The monoisotopic (exact) mass is 316 g/mol. The van der Waals surface area contributed by atoms with E-state index in [1.807, 2.05) is 18.2 Å². The summed E-state index contributed by atoms with van der Waals surface area (Å²) >= 11 is 11.3. The molecule has 2 aromatic carbocycles. The molecule has 1 aliphatic heterocycles. The van der Waals surface area contributed by atoms with Crippen LogP contribution < -0.4 is 5.73 Å². The second-order valence-corrected chi connectivity index (χ2v) is 6.25. The minimum absolute atomic E-state index is 0.385. The molecule has 21 heavy (non-hydrogen) atoms. The molecule has 0 radical (unpaired) electrons. The molecule has 0 atom stereocenters. The molecule has 1 aliphatic rings. The number of fused-ring (bicyclic) bond motifs is 1. The molecule has 0 bridgehead atoms. The minimum Gasteiger partial charge on any atom is -0.389 e. The van der Waals surface area contributed by atoms with Crippen molar-refractivity contribution in [3.8, 4) is 0 Å². The summed E-state index contributed by atoms with van der Waals surface area (Å²) in [6.07, 6.45) is 1.10. The molecule has 0 fully saturated rings. The van der Waals surface area contributed by atoms with Crippen molar-refractivity contribution >= 4 is 28.8 Å². The number of hydrogen-bond acceptors (Lipinski definition) is 2. The van der Waals surface area contributed by atoms with E-state index in [4.69, 9.17) is 29.6 Å². The normalized spacial score (nSPS) is 14.7. The van der Waals surface area contributed by atoms with Crippen molar-refractivity contribution in [2.45, 2.75) is 19.5 Å². The van der Waals surface area contributed by atoms with E-state index < -0.39 is 0 Å². The van der Waals surface area contributed by atoms with Crippen LogP contribution in [-0.4, -0.2) is 16.4 Å². The van der Waals surface area contributed by atoms with Gasteiger partial charge in [0.1, 0.15) is 4.99 Å². The van der Waals surface area contributed by atoms with E-state index in [2.05, 4.69) is 29.2 Å². The van der Waals surface area contributed by atoms with E-state index in [-0.39, 0.29) is 0 Å². The van der Waals surface area contributed by atoms with Crippen molar-refractivity contribution in [1.29, 1.82) is 0 Å². The number of nitrogens with zero attached hydrogens (tertiary/aromatic N) is 1. The number of nitrogens with two attached hydrogens (primary N) is 1. The summed E-state index contributed by atoms with van der Waals surface area (Å²) in [5, 5.41) is 0.735. The zero-order chi connectivity index (χ0) is 14.8. The standard InChI is InChI=1S/C17H17ClN2S/c18-16-9-13(17(19)21)5-6-15(16)11-20-8-7-12-3-1-2-4-14(12)10-20/h1-6,9H,7-8,10-11H2,(H2,19,21). The van der Waals surface area contributed by atoms with Crippen molar-refractivity contribution < 1.29 is 0 Å². The largest absolute Gasteiger partial charge is 0.389 e. The molecular weight excluding hydrogens is 300 g/mol. The fraction of sp³-hybridized carbons (Fsp3) is 0.235. The molecule has 0 saturated heterocycles. The molecular formula is C17H17ClN2S. The number of halogens is 1. The highest BCUT2D eigenvalue weighted by molar-refractivity contribution is 7.80. The second kappa shape index (κ2) is 6.14. The molecule has 3 rings (SSSR count). The molecule has 1 heterocycles. The van der Waals surface area contributed by atoms with Crippen molar-refractivity contribution in [2.24, 2.45) is 5.73 Å². The van der Waals surface area contributed by atoms with E-state index in [1.54, 1.807) is 0 Å². The molecule has 2 N–H and O–H groups in total. The molecule has 0 aliphatic carbocycles. The first-order valence-electron chi connectivity index (χ1n) is 7.01. The molecule has 0 unspecified atom stereocenters. The molecule has 108 valence electrons. The lowest BCUT2D eigenvalue weighted by atomic mass is 9.99. The van der Waals surface area contributed by atoms with Gasteiger partial charge in [-0.25, -0.2) is 0 Å². The van der Waals surface area contributed by atoms with Gasteiger partial charge in [-0.1, -0.05) is 60.2 Å².